The molecule has 2 heterocycles. The molecule has 1 fully saturated rings. The number of sulfonamides is 1. The monoisotopic (exact) mass is 471 g/mol. The number of benzene rings is 1. The Morgan fingerprint density at radius 1 is 1.26 bits per heavy atom. The number of ether oxygens (including phenoxy) is 2. The number of hydrogen-bond acceptors (Lipinski definition) is 7. The molecular weight excluding hydrogens is 446 g/mol. The highest BCUT2D eigenvalue weighted by molar-refractivity contribution is 7.89. The smallest absolute Gasteiger partial charge is 0.264 e. The first-order valence-electron chi connectivity index (χ1n) is 9.57. The summed E-state index contributed by atoms with van der Waals surface area (Å²) in [5.74, 6) is -0.331. The van der Waals surface area contributed by atoms with E-state index < -0.39 is 28.1 Å². The van der Waals surface area contributed by atoms with Crippen LogP contribution in [0.3, 0.4) is 0 Å². The molecule has 0 radical (unpaired) electrons. The first-order valence-corrected chi connectivity index (χ1v) is 11.0. The van der Waals surface area contributed by atoms with E-state index in [1.807, 2.05) is 0 Å². The first-order chi connectivity index (χ1) is 14.5. The third-order valence-electron chi connectivity index (χ3n) is 5.01. The number of methoxy groups -OCH3 is 1. The van der Waals surface area contributed by atoms with E-state index in [1.54, 1.807) is 30.0 Å². The van der Waals surface area contributed by atoms with E-state index >= 15 is 0 Å². The van der Waals surface area contributed by atoms with Gasteiger partial charge in [-0.3, -0.25) is 15.0 Å². The molecule has 2 atom stereocenters. The van der Waals surface area contributed by atoms with Crippen LogP contribution < -0.4 is 10.2 Å². The van der Waals surface area contributed by atoms with Gasteiger partial charge in [-0.15, -0.1) is 12.4 Å². The Balaban J connectivity index is 0.00000341. The minimum absolute atomic E-state index is 0. The minimum Gasteiger partial charge on any atom is -0.497 e. The van der Waals surface area contributed by atoms with Gasteiger partial charge in [0.15, 0.2) is 0 Å². The normalized spacial score (nSPS) is 17.5. The molecule has 0 spiro atoms. The Kier molecular flexibility index (Phi) is 9.20. The number of carbonyl (C=O) groups excluding carboxylic acids is 1. The summed E-state index contributed by atoms with van der Waals surface area (Å²) < 4.78 is 39.1. The third kappa shape index (κ3) is 5.92. The SMILES string of the molecule is COc1ccc(S(=O)(=O)N(Cc2ccncc2)C(C(=O)NO)C2CCCCO2)cc1.Cl. The van der Waals surface area contributed by atoms with Crippen molar-refractivity contribution in [3.8, 4) is 5.75 Å². The Labute approximate surface area is 187 Å². The van der Waals surface area contributed by atoms with Crippen molar-refractivity contribution in [3.05, 3.63) is 54.4 Å². The van der Waals surface area contributed by atoms with E-state index in [-0.39, 0.29) is 23.8 Å². The molecule has 2 aromatic rings. The van der Waals surface area contributed by atoms with Crippen LogP contribution in [-0.2, 0) is 26.1 Å². The number of hydrogen-bond donors (Lipinski definition) is 2. The van der Waals surface area contributed by atoms with Crippen molar-refractivity contribution in [2.24, 2.45) is 0 Å². The summed E-state index contributed by atoms with van der Waals surface area (Å²) in [4.78, 5) is 16.6. The topological polar surface area (TPSA) is 118 Å². The van der Waals surface area contributed by atoms with Crippen LogP contribution in [0.4, 0.5) is 0 Å². The summed E-state index contributed by atoms with van der Waals surface area (Å²) in [6.45, 7) is 0.334. The van der Waals surface area contributed by atoms with E-state index in [4.69, 9.17) is 9.47 Å². The summed E-state index contributed by atoms with van der Waals surface area (Å²) in [5, 5.41) is 9.35. The minimum atomic E-state index is -4.12. The van der Waals surface area contributed by atoms with Crippen molar-refractivity contribution in [3.63, 3.8) is 0 Å². The van der Waals surface area contributed by atoms with Crippen molar-refractivity contribution < 1.29 is 27.9 Å². The molecule has 1 aromatic carbocycles. The quantitative estimate of drug-likeness (QED) is 0.447. The average molecular weight is 472 g/mol. The lowest BCUT2D eigenvalue weighted by molar-refractivity contribution is -0.140. The van der Waals surface area contributed by atoms with E-state index in [2.05, 4.69) is 4.98 Å². The maximum absolute atomic E-state index is 13.6. The van der Waals surface area contributed by atoms with Gasteiger partial charge in [-0.25, -0.2) is 13.9 Å². The Morgan fingerprint density at radius 3 is 2.48 bits per heavy atom. The molecule has 9 nitrogen and oxygen atoms in total. The molecule has 0 saturated carbocycles. The van der Waals surface area contributed by atoms with Gasteiger partial charge in [-0.05, 0) is 61.2 Å². The molecule has 0 bridgehead atoms. The molecule has 1 saturated heterocycles. The number of rotatable bonds is 8. The number of nitrogens with one attached hydrogen (secondary N) is 1. The fraction of sp³-hybridized carbons (Fsp3) is 0.400. The van der Waals surface area contributed by atoms with Gasteiger partial charge in [-0.2, -0.15) is 4.31 Å². The van der Waals surface area contributed by atoms with Crippen molar-refractivity contribution in [1.29, 1.82) is 0 Å². The molecule has 1 amide bonds. The number of aromatic nitrogens is 1. The van der Waals surface area contributed by atoms with Crippen molar-refractivity contribution >= 4 is 28.3 Å². The second kappa shape index (κ2) is 11.4. The molecular formula is C20H26ClN3O6S. The second-order valence-corrected chi connectivity index (χ2v) is 8.80. The molecule has 1 aliphatic heterocycles. The molecule has 3 rings (SSSR count). The van der Waals surface area contributed by atoms with E-state index in [0.29, 0.717) is 24.3 Å². The van der Waals surface area contributed by atoms with Gasteiger partial charge in [0.1, 0.15) is 11.8 Å². The fourth-order valence-corrected chi connectivity index (χ4v) is 5.05. The maximum Gasteiger partial charge on any atom is 0.264 e. The van der Waals surface area contributed by atoms with Crippen molar-refractivity contribution in [2.45, 2.75) is 42.8 Å². The summed E-state index contributed by atoms with van der Waals surface area (Å²) in [5.41, 5.74) is 2.26. The molecule has 0 aliphatic carbocycles. The molecule has 11 heteroatoms. The number of nitrogens with zero attached hydrogens (tertiary/aromatic N) is 2. The van der Waals surface area contributed by atoms with Crippen LogP contribution in [0.2, 0.25) is 0 Å². The molecule has 2 unspecified atom stereocenters. The summed E-state index contributed by atoms with van der Waals surface area (Å²) in [6, 6.07) is 8.02. The van der Waals surface area contributed by atoms with Crippen LogP contribution in [0.25, 0.3) is 0 Å². The Morgan fingerprint density at radius 2 is 1.94 bits per heavy atom. The average Bonchev–Trinajstić information content (AvgIpc) is 2.80. The van der Waals surface area contributed by atoms with Gasteiger partial charge >= 0.3 is 0 Å². The van der Waals surface area contributed by atoms with Gasteiger partial charge in [0.2, 0.25) is 10.0 Å². The zero-order chi connectivity index (χ0) is 21.6. The van der Waals surface area contributed by atoms with Crippen molar-refractivity contribution in [1.82, 2.24) is 14.8 Å². The molecule has 1 aromatic heterocycles. The highest BCUT2D eigenvalue weighted by Crippen LogP contribution is 2.28. The standard InChI is InChI=1S/C20H25N3O6S.ClH/c1-28-16-5-7-17(8-6-16)30(26,27)23(14-15-9-11-21-12-10-15)19(20(24)22-25)18-4-2-3-13-29-18;/h5-12,18-19,25H,2-4,13-14H2,1H3,(H,22,24);1H. The van der Waals surface area contributed by atoms with Crippen LogP contribution in [-0.4, -0.2) is 54.7 Å². The fourth-order valence-electron chi connectivity index (χ4n) is 3.45. The molecule has 1 aliphatic rings. The zero-order valence-corrected chi connectivity index (χ0v) is 18.6. The van der Waals surface area contributed by atoms with Gasteiger partial charge in [0.05, 0.1) is 18.1 Å². The zero-order valence-electron chi connectivity index (χ0n) is 17.0. The predicted molar refractivity (Wildman–Crippen MR) is 115 cm³/mol. The number of pyridine rings is 1. The van der Waals surface area contributed by atoms with Crippen molar-refractivity contribution in [2.75, 3.05) is 13.7 Å². The predicted octanol–water partition coefficient (Wildman–Crippen LogP) is 2.15. The van der Waals surface area contributed by atoms with Crippen LogP contribution in [0, 0.1) is 0 Å². The Bertz CT molecular complexity index is 937. The Hall–Kier alpha value is -2.24. The summed E-state index contributed by atoms with van der Waals surface area (Å²) >= 11 is 0. The molecule has 31 heavy (non-hydrogen) atoms. The van der Waals surface area contributed by atoms with Crippen LogP contribution in [0.5, 0.6) is 5.75 Å². The van der Waals surface area contributed by atoms with Gasteiger partial charge in [0, 0.05) is 25.5 Å². The highest BCUT2D eigenvalue weighted by Gasteiger charge is 2.42. The summed E-state index contributed by atoms with van der Waals surface area (Å²) in [6.07, 6.45) is 4.55. The summed E-state index contributed by atoms with van der Waals surface area (Å²) in [7, 11) is -2.64. The number of carbonyl (C=O) groups is 1. The van der Waals surface area contributed by atoms with E-state index in [0.717, 1.165) is 17.1 Å². The van der Waals surface area contributed by atoms with Gasteiger partial charge < -0.3 is 9.47 Å². The van der Waals surface area contributed by atoms with Gasteiger partial charge in [0.25, 0.3) is 5.91 Å². The van der Waals surface area contributed by atoms with E-state index in [9.17, 15) is 18.4 Å². The third-order valence-corrected chi connectivity index (χ3v) is 6.85. The number of hydroxylamine groups is 1. The largest absolute Gasteiger partial charge is 0.497 e. The lowest BCUT2D eigenvalue weighted by Gasteiger charge is -2.36. The van der Waals surface area contributed by atoms with Gasteiger partial charge in [-0.1, -0.05) is 0 Å². The van der Waals surface area contributed by atoms with E-state index in [1.165, 1.54) is 31.4 Å². The second-order valence-electron chi connectivity index (χ2n) is 6.91. The van der Waals surface area contributed by atoms with Crippen LogP contribution in [0.15, 0.2) is 53.7 Å². The lowest BCUT2D eigenvalue weighted by atomic mass is 10.0. The lowest BCUT2D eigenvalue weighted by Crippen LogP contribution is -2.55. The maximum atomic E-state index is 13.6. The van der Waals surface area contributed by atoms with Crippen LogP contribution >= 0.6 is 12.4 Å². The highest BCUT2D eigenvalue weighted by atomic mass is 35.5. The molecule has 170 valence electrons. The van der Waals surface area contributed by atoms with Crippen LogP contribution in [0.1, 0.15) is 24.8 Å². The number of amides is 1. The number of halogens is 1. The first kappa shape index (κ1) is 25.0. The molecule has 2 N–H and O–H groups in total.